The second kappa shape index (κ2) is 3.26. The Balaban J connectivity index is 2.55. The van der Waals surface area contributed by atoms with Crippen LogP contribution in [-0.4, -0.2) is 9.55 Å². The van der Waals surface area contributed by atoms with Gasteiger partial charge in [-0.25, -0.2) is 4.98 Å². The zero-order chi connectivity index (χ0) is 8.39. The van der Waals surface area contributed by atoms with Crippen LogP contribution in [0.5, 0.6) is 0 Å². The molecule has 0 unspecified atom stereocenters. The van der Waals surface area contributed by atoms with Crippen molar-refractivity contribution in [1.29, 1.82) is 0 Å². The number of rotatable bonds is 1. The molecule has 0 bridgehead atoms. The molecule has 60 valence electrons. The molecule has 0 N–H and O–H groups in total. The lowest BCUT2D eigenvalue weighted by Gasteiger charge is -2.03. The van der Waals surface area contributed by atoms with Crippen LogP contribution in [0.2, 0.25) is 0 Å². The van der Waals surface area contributed by atoms with E-state index in [1.54, 1.807) is 12.5 Å². The Morgan fingerprint density at radius 3 is 2.75 bits per heavy atom. The van der Waals surface area contributed by atoms with Crippen molar-refractivity contribution >= 4 is 22.6 Å². The lowest BCUT2D eigenvalue weighted by molar-refractivity contribution is 1.05. The average Bonchev–Trinajstić information content (AvgIpc) is 2.57. The van der Waals surface area contributed by atoms with E-state index in [2.05, 4.69) is 39.7 Å². The zero-order valence-corrected chi connectivity index (χ0v) is 8.47. The van der Waals surface area contributed by atoms with Crippen molar-refractivity contribution < 1.29 is 0 Å². The van der Waals surface area contributed by atoms with Crippen LogP contribution in [0.1, 0.15) is 0 Å². The van der Waals surface area contributed by atoms with Gasteiger partial charge in [0.25, 0.3) is 0 Å². The highest BCUT2D eigenvalue weighted by molar-refractivity contribution is 14.1. The van der Waals surface area contributed by atoms with E-state index >= 15 is 0 Å². The van der Waals surface area contributed by atoms with Gasteiger partial charge in [0, 0.05) is 16.0 Å². The van der Waals surface area contributed by atoms with Crippen molar-refractivity contribution in [3.63, 3.8) is 0 Å². The fourth-order valence-corrected chi connectivity index (χ4v) is 1.73. The van der Waals surface area contributed by atoms with Gasteiger partial charge < -0.3 is 4.57 Å². The number of nitrogens with zero attached hydrogens (tertiary/aromatic N) is 2. The van der Waals surface area contributed by atoms with E-state index in [0.29, 0.717) is 0 Å². The standard InChI is InChI=1S/C9H7IN2/c10-8-3-1-2-4-9(8)12-6-5-11-7-12/h1-7H. The normalized spacial score (nSPS) is 10.1. The first-order valence-corrected chi connectivity index (χ1v) is 4.68. The molecule has 0 saturated carbocycles. The molecule has 0 aliphatic carbocycles. The van der Waals surface area contributed by atoms with E-state index in [9.17, 15) is 0 Å². The topological polar surface area (TPSA) is 17.8 Å². The summed E-state index contributed by atoms with van der Waals surface area (Å²) in [6.07, 6.45) is 5.53. The van der Waals surface area contributed by atoms with Crippen molar-refractivity contribution in [2.24, 2.45) is 0 Å². The second-order valence-electron chi connectivity index (χ2n) is 2.42. The van der Waals surface area contributed by atoms with Crippen LogP contribution in [0, 0.1) is 3.57 Å². The van der Waals surface area contributed by atoms with Gasteiger partial charge in [-0.1, -0.05) is 12.1 Å². The summed E-state index contributed by atoms with van der Waals surface area (Å²) in [4.78, 5) is 4.00. The van der Waals surface area contributed by atoms with E-state index in [0.717, 1.165) is 0 Å². The lowest BCUT2D eigenvalue weighted by Crippen LogP contribution is -1.91. The van der Waals surface area contributed by atoms with E-state index in [4.69, 9.17) is 0 Å². The minimum absolute atomic E-state index is 1.18. The maximum Gasteiger partial charge on any atom is 0.0992 e. The van der Waals surface area contributed by atoms with Crippen molar-refractivity contribution in [3.05, 3.63) is 46.6 Å². The van der Waals surface area contributed by atoms with Gasteiger partial charge >= 0.3 is 0 Å². The smallest absolute Gasteiger partial charge is 0.0992 e. The monoisotopic (exact) mass is 270 g/mol. The molecular formula is C9H7IN2. The van der Waals surface area contributed by atoms with E-state index in [1.807, 2.05) is 22.9 Å². The lowest BCUT2D eigenvalue weighted by atomic mass is 10.3. The number of aromatic nitrogens is 2. The van der Waals surface area contributed by atoms with E-state index in [1.165, 1.54) is 9.26 Å². The average molecular weight is 270 g/mol. The van der Waals surface area contributed by atoms with Crippen LogP contribution in [0.15, 0.2) is 43.0 Å². The highest BCUT2D eigenvalue weighted by Crippen LogP contribution is 2.15. The summed E-state index contributed by atoms with van der Waals surface area (Å²) in [6.45, 7) is 0. The van der Waals surface area contributed by atoms with Crippen LogP contribution >= 0.6 is 22.6 Å². The number of hydrogen-bond acceptors (Lipinski definition) is 1. The van der Waals surface area contributed by atoms with Gasteiger partial charge in [-0.3, -0.25) is 0 Å². The molecular weight excluding hydrogens is 263 g/mol. The molecule has 2 aromatic rings. The molecule has 2 rings (SSSR count). The van der Waals surface area contributed by atoms with Gasteiger partial charge in [-0.2, -0.15) is 0 Å². The highest BCUT2D eigenvalue weighted by Gasteiger charge is 1.98. The molecule has 0 amide bonds. The maximum absolute atomic E-state index is 4.00. The largest absolute Gasteiger partial charge is 0.305 e. The van der Waals surface area contributed by atoms with Gasteiger partial charge in [0.15, 0.2) is 0 Å². The molecule has 12 heavy (non-hydrogen) atoms. The predicted octanol–water partition coefficient (Wildman–Crippen LogP) is 2.48. The third-order valence-corrected chi connectivity index (χ3v) is 2.55. The quantitative estimate of drug-likeness (QED) is 0.728. The number of hydrogen-bond donors (Lipinski definition) is 0. The summed E-state index contributed by atoms with van der Waals surface area (Å²) >= 11 is 2.31. The fraction of sp³-hybridized carbons (Fsp3) is 0. The zero-order valence-electron chi connectivity index (χ0n) is 6.31. The van der Waals surface area contributed by atoms with Crippen molar-refractivity contribution in [2.75, 3.05) is 0 Å². The fourth-order valence-electron chi connectivity index (χ4n) is 1.06. The molecule has 1 aromatic carbocycles. The summed E-state index contributed by atoms with van der Waals surface area (Å²) < 4.78 is 3.23. The van der Waals surface area contributed by atoms with Gasteiger partial charge in [-0.05, 0) is 34.7 Å². The maximum atomic E-state index is 4.00. The Labute approximate surface area is 84.4 Å². The molecule has 0 atom stereocenters. The molecule has 0 aliphatic rings. The minimum atomic E-state index is 1.18. The molecule has 1 aromatic heterocycles. The van der Waals surface area contributed by atoms with Gasteiger partial charge in [0.05, 0.1) is 12.0 Å². The van der Waals surface area contributed by atoms with Gasteiger partial charge in [0.1, 0.15) is 0 Å². The number of para-hydroxylation sites is 1. The number of benzene rings is 1. The molecule has 0 radical (unpaired) electrons. The highest BCUT2D eigenvalue weighted by atomic mass is 127. The Morgan fingerprint density at radius 1 is 1.25 bits per heavy atom. The first-order valence-electron chi connectivity index (χ1n) is 3.61. The van der Waals surface area contributed by atoms with Crippen molar-refractivity contribution in [1.82, 2.24) is 9.55 Å². The third kappa shape index (κ3) is 1.36. The Bertz CT molecular complexity index is 368. The Morgan fingerprint density at radius 2 is 2.08 bits per heavy atom. The number of halogens is 1. The summed E-state index contributed by atoms with van der Waals surface area (Å²) in [5.41, 5.74) is 1.18. The molecule has 0 fully saturated rings. The van der Waals surface area contributed by atoms with E-state index in [-0.39, 0.29) is 0 Å². The van der Waals surface area contributed by atoms with Crippen LogP contribution in [-0.2, 0) is 0 Å². The Hall–Kier alpha value is -0.840. The molecule has 3 heteroatoms. The van der Waals surface area contributed by atoms with Crippen molar-refractivity contribution in [3.8, 4) is 5.69 Å². The molecule has 1 heterocycles. The first kappa shape index (κ1) is 7.79. The van der Waals surface area contributed by atoms with Crippen LogP contribution in [0.3, 0.4) is 0 Å². The summed E-state index contributed by atoms with van der Waals surface area (Å²) in [5, 5.41) is 0. The van der Waals surface area contributed by atoms with E-state index < -0.39 is 0 Å². The van der Waals surface area contributed by atoms with Crippen LogP contribution in [0.4, 0.5) is 0 Å². The predicted molar refractivity (Wildman–Crippen MR) is 56.3 cm³/mol. The molecule has 2 nitrogen and oxygen atoms in total. The van der Waals surface area contributed by atoms with Crippen LogP contribution in [0.25, 0.3) is 5.69 Å². The van der Waals surface area contributed by atoms with Crippen LogP contribution < -0.4 is 0 Å². The third-order valence-electron chi connectivity index (χ3n) is 1.64. The SMILES string of the molecule is Ic1ccccc1-n1ccnc1. The molecule has 0 aliphatic heterocycles. The van der Waals surface area contributed by atoms with Gasteiger partial charge in [-0.15, -0.1) is 0 Å². The molecule has 0 saturated heterocycles. The first-order chi connectivity index (χ1) is 5.88. The summed E-state index contributed by atoms with van der Waals surface area (Å²) in [7, 11) is 0. The van der Waals surface area contributed by atoms with Gasteiger partial charge in [0.2, 0.25) is 0 Å². The molecule has 0 spiro atoms. The second-order valence-corrected chi connectivity index (χ2v) is 3.58. The number of imidazole rings is 1. The Kier molecular flexibility index (Phi) is 2.12. The minimum Gasteiger partial charge on any atom is -0.305 e. The summed E-state index contributed by atoms with van der Waals surface area (Å²) in [6, 6.07) is 8.21. The summed E-state index contributed by atoms with van der Waals surface area (Å²) in [5.74, 6) is 0. The van der Waals surface area contributed by atoms with Crippen molar-refractivity contribution in [2.45, 2.75) is 0 Å².